The van der Waals surface area contributed by atoms with Crippen LogP contribution in [0, 0.1) is 6.92 Å². The van der Waals surface area contributed by atoms with Crippen molar-refractivity contribution in [1.82, 2.24) is 15.1 Å². The molecular weight excluding hydrogens is 272 g/mol. The predicted molar refractivity (Wildman–Crippen MR) is 80.9 cm³/mol. The van der Waals surface area contributed by atoms with Crippen molar-refractivity contribution >= 4 is 17.6 Å². The average molecular weight is 290 g/mol. The van der Waals surface area contributed by atoms with E-state index in [1.54, 1.807) is 6.20 Å². The van der Waals surface area contributed by atoms with E-state index in [1.807, 2.05) is 30.8 Å². The molecule has 0 saturated heterocycles. The molecular formula is C14H18N4OS. The van der Waals surface area contributed by atoms with Crippen LogP contribution < -0.4 is 5.32 Å². The number of nitrogens with zero attached hydrogens (tertiary/aromatic N) is 3. The molecule has 3 rings (SSSR count). The van der Waals surface area contributed by atoms with E-state index in [1.165, 1.54) is 19.3 Å². The van der Waals surface area contributed by atoms with E-state index in [0.717, 1.165) is 17.9 Å². The largest absolute Gasteiger partial charge is 0.368 e. The van der Waals surface area contributed by atoms with Crippen molar-refractivity contribution < 1.29 is 4.52 Å². The zero-order valence-corrected chi connectivity index (χ0v) is 12.5. The summed E-state index contributed by atoms with van der Waals surface area (Å²) in [6.07, 6.45) is 7.82. The van der Waals surface area contributed by atoms with Crippen molar-refractivity contribution in [2.75, 3.05) is 18.1 Å². The van der Waals surface area contributed by atoms with Crippen LogP contribution in [-0.4, -0.2) is 32.7 Å². The minimum Gasteiger partial charge on any atom is -0.368 e. The first-order valence-corrected chi connectivity index (χ1v) is 8.00. The van der Waals surface area contributed by atoms with Crippen molar-refractivity contribution in [3.05, 3.63) is 24.2 Å². The molecule has 2 aromatic heterocycles. The topological polar surface area (TPSA) is 63.8 Å². The van der Waals surface area contributed by atoms with Gasteiger partial charge < -0.3 is 9.84 Å². The summed E-state index contributed by atoms with van der Waals surface area (Å²) < 4.78 is 5.60. The highest BCUT2D eigenvalue weighted by Crippen LogP contribution is 2.43. The van der Waals surface area contributed by atoms with Gasteiger partial charge in [0.15, 0.2) is 5.82 Å². The Morgan fingerprint density at radius 3 is 2.90 bits per heavy atom. The fourth-order valence-electron chi connectivity index (χ4n) is 2.39. The molecule has 5 nitrogen and oxygen atoms in total. The molecule has 0 atom stereocenters. The number of thioether (sulfide) groups is 1. The van der Waals surface area contributed by atoms with Crippen molar-refractivity contribution in [3.63, 3.8) is 0 Å². The van der Waals surface area contributed by atoms with Gasteiger partial charge in [-0.25, -0.2) is 4.98 Å². The number of hydrogen-bond acceptors (Lipinski definition) is 6. The van der Waals surface area contributed by atoms with Gasteiger partial charge in [0.1, 0.15) is 5.82 Å². The van der Waals surface area contributed by atoms with Crippen LogP contribution in [0.15, 0.2) is 22.9 Å². The maximum atomic E-state index is 5.24. The van der Waals surface area contributed by atoms with Crippen molar-refractivity contribution in [2.45, 2.75) is 30.9 Å². The summed E-state index contributed by atoms with van der Waals surface area (Å²) in [6, 6.07) is 3.84. The SMILES string of the molecule is CSC1(CNc2ncccc2-c2nc(C)no2)CCC1. The third-order valence-corrected chi connectivity index (χ3v) is 5.26. The van der Waals surface area contributed by atoms with Crippen LogP contribution >= 0.6 is 11.8 Å². The van der Waals surface area contributed by atoms with Crippen LogP contribution in [0.25, 0.3) is 11.5 Å². The molecule has 2 aromatic rings. The molecule has 0 spiro atoms. The lowest BCUT2D eigenvalue weighted by atomic mass is 9.84. The number of nitrogens with one attached hydrogen (secondary N) is 1. The Bertz CT molecular complexity index is 589. The molecule has 0 amide bonds. The molecule has 2 heterocycles. The number of anilines is 1. The van der Waals surface area contributed by atoms with Gasteiger partial charge in [0.2, 0.25) is 0 Å². The van der Waals surface area contributed by atoms with Gasteiger partial charge in [0.05, 0.1) is 5.56 Å². The minimum absolute atomic E-state index is 0.361. The minimum atomic E-state index is 0.361. The summed E-state index contributed by atoms with van der Waals surface area (Å²) >= 11 is 1.94. The first-order valence-electron chi connectivity index (χ1n) is 6.77. The highest BCUT2D eigenvalue weighted by atomic mass is 32.2. The summed E-state index contributed by atoms with van der Waals surface area (Å²) in [5.74, 6) is 1.97. The molecule has 1 N–H and O–H groups in total. The molecule has 20 heavy (non-hydrogen) atoms. The number of pyridine rings is 1. The number of aromatic nitrogens is 3. The monoisotopic (exact) mass is 290 g/mol. The molecule has 1 saturated carbocycles. The fraction of sp³-hybridized carbons (Fsp3) is 0.500. The van der Waals surface area contributed by atoms with Gasteiger partial charge in [-0.2, -0.15) is 16.7 Å². The van der Waals surface area contributed by atoms with E-state index in [9.17, 15) is 0 Å². The highest BCUT2D eigenvalue weighted by molar-refractivity contribution is 8.00. The zero-order chi connectivity index (χ0) is 14.0. The Morgan fingerprint density at radius 2 is 2.30 bits per heavy atom. The highest BCUT2D eigenvalue weighted by Gasteiger charge is 2.36. The second kappa shape index (κ2) is 5.44. The van der Waals surface area contributed by atoms with Gasteiger partial charge in [-0.15, -0.1) is 0 Å². The van der Waals surface area contributed by atoms with Crippen LogP contribution in [0.5, 0.6) is 0 Å². The van der Waals surface area contributed by atoms with Crippen LogP contribution in [0.1, 0.15) is 25.1 Å². The lowest BCUT2D eigenvalue weighted by Crippen LogP contribution is -2.40. The molecule has 0 unspecified atom stereocenters. The third kappa shape index (κ3) is 2.52. The van der Waals surface area contributed by atoms with Gasteiger partial charge in [-0.1, -0.05) is 11.6 Å². The molecule has 0 aliphatic heterocycles. The first kappa shape index (κ1) is 13.4. The van der Waals surface area contributed by atoms with Gasteiger partial charge in [-0.05, 0) is 38.2 Å². The molecule has 0 aromatic carbocycles. The molecule has 106 valence electrons. The Morgan fingerprint density at radius 1 is 1.45 bits per heavy atom. The quantitative estimate of drug-likeness (QED) is 0.912. The van der Waals surface area contributed by atoms with Crippen LogP contribution in [0.2, 0.25) is 0 Å². The summed E-state index contributed by atoms with van der Waals surface area (Å²) in [5, 5.41) is 7.30. The maximum absolute atomic E-state index is 5.24. The zero-order valence-electron chi connectivity index (χ0n) is 11.7. The maximum Gasteiger partial charge on any atom is 0.261 e. The molecule has 1 aliphatic carbocycles. The number of hydrogen-bond donors (Lipinski definition) is 1. The molecule has 0 radical (unpaired) electrons. The van der Waals surface area contributed by atoms with Gasteiger partial charge in [0.25, 0.3) is 5.89 Å². The normalized spacial score (nSPS) is 16.7. The summed E-state index contributed by atoms with van der Waals surface area (Å²) in [5.41, 5.74) is 0.865. The molecule has 1 aliphatic rings. The van der Waals surface area contributed by atoms with Crippen molar-refractivity contribution in [1.29, 1.82) is 0 Å². The average Bonchev–Trinajstić information content (AvgIpc) is 2.85. The Hall–Kier alpha value is -1.56. The van der Waals surface area contributed by atoms with Gasteiger partial charge in [-0.3, -0.25) is 0 Å². The molecule has 6 heteroatoms. The van der Waals surface area contributed by atoms with Crippen LogP contribution in [0.4, 0.5) is 5.82 Å². The van der Waals surface area contributed by atoms with Crippen LogP contribution in [-0.2, 0) is 0 Å². The third-order valence-electron chi connectivity index (χ3n) is 3.84. The first-order chi connectivity index (χ1) is 9.72. The van der Waals surface area contributed by atoms with E-state index in [-0.39, 0.29) is 0 Å². The summed E-state index contributed by atoms with van der Waals surface area (Å²) in [7, 11) is 0. The summed E-state index contributed by atoms with van der Waals surface area (Å²) in [4.78, 5) is 8.69. The Kier molecular flexibility index (Phi) is 3.65. The lowest BCUT2D eigenvalue weighted by molar-refractivity contribution is 0.379. The smallest absolute Gasteiger partial charge is 0.261 e. The van der Waals surface area contributed by atoms with E-state index in [0.29, 0.717) is 16.5 Å². The lowest BCUT2D eigenvalue weighted by Gasteiger charge is -2.40. The predicted octanol–water partition coefficient (Wildman–Crippen LogP) is 3.14. The van der Waals surface area contributed by atoms with Crippen LogP contribution in [0.3, 0.4) is 0 Å². The van der Waals surface area contributed by atoms with E-state index in [2.05, 4.69) is 26.7 Å². The Labute approximate surface area is 122 Å². The second-order valence-corrected chi connectivity index (χ2v) is 6.41. The summed E-state index contributed by atoms with van der Waals surface area (Å²) in [6.45, 7) is 2.73. The van der Waals surface area contributed by atoms with Crippen molar-refractivity contribution in [2.24, 2.45) is 0 Å². The van der Waals surface area contributed by atoms with E-state index < -0.39 is 0 Å². The number of rotatable bonds is 5. The van der Waals surface area contributed by atoms with E-state index in [4.69, 9.17) is 4.52 Å². The van der Waals surface area contributed by atoms with Crippen molar-refractivity contribution in [3.8, 4) is 11.5 Å². The van der Waals surface area contributed by atoms with Gasteiger partial charge in [0, 0.05) is 17.5 Å². The second-order valence-electron chi connectivity index (χ2n) is 5.14. The number of aryl methyl sites for hydroxylation is 1. The Balaban J connectivity index is 1.80. The fourth-order valence-corrected chi connectivity index (χ4v) is 3.31. The van der Waals surface area contributed by atoms with E-state index >= 15 is 0 Å². The molecule has 0 bridgehead atoms. The van der Waals surface area contributed by atoms with Gasteiger partial charge >= 0.3 is 0 Å². The molecule has 1 fully saturated rings. The standard InChI is InChI=1S/C14H18N4OS/c1-10-17-13(19-18-10)11-5-3-8-15-12(11)16-9-14(20-2)6-4-7-14/h3,5,8H,4,6-7,9H2,1-2H3,(H,15,16).